The second kappa shape index (κ2) is 5.00. The van der Waals surface area contributed by atoms with Crippen molar-refractivity contribution in [3.05, 3.63) is 15.9 Å². The first-order valence-corrected chi connectivity index (χ1v) is 3.99. The number of hydrogen-bond donors (Lipinski definition) is 2. The lowest BCUT2D eigenvalue weighted by Gasteiger charge is -1.98. The van der Waals surface area contributed by atoms with E-state index in [1.54, 1.807) is 0 Å². The van der Waals surface area contributed by atoms with Crippen LogP contribution in [0.4, 0.5) is 5.95 Å². The zero-order valence-electron chi connectivity index (χ0n) is 7.89. The van der Waals surface area contributed by atoms with Gasteiger partial charge in [0.2, 0.25) is 0 Å². The molecular weight excluding hydrogens is 206 g/mol. The number of carbonyl (C=O) groups is 1. The summed E-state index contributed by atoms with van der Waals surface area (Å²) in [5.74, 6) is -1.39. The Morgan fingerprint density at radius 3 is 3.00 bits per heavy atom. The van der Waals surface area contributed by atoms with Gasteiger partial charge in [-0.2, -0.15) is 5.10 Å². The van der Waals surface area contributed by atoms with Crippen LogP contribution in [0.2, 0.25) is 0 Å². The van der Waals surface area contributed by atoms with Crippen molar-refractivity contribution in [1.82, 2.24) is 20.5 Å². The zero-order chi connectivity index (χ0) is 11.3. The lowest BCUT2D eigenvalue weighted by molar-refractivity contribution is -0.394. The SMILES string of the molecule is COCCNC(=O)c1nc([N+](=O)[O-])n[nH]1. The smallest absolute Gasteiger partial charge is 0.390 e. The highest BCUT2D eigenvalue weighted by Crippen LogP contribution is 2.00. The molecule has 0 saturated heterocycles. The van der Waals surface area contributed by atoms with Crippen LogP contribution in [-0.4, -0.2) is 46.3 Å². The van der Waals surface area contributed by atoms with E-state index in [1.807, 2.05) is 0 Å². The van der Waals surface area contributed by atoms with Crippen molar-refractivity contribution in [2.45, 2.75) is 0 Å². The Balaban J connectivity index is 2.54. The third-order valence-electron chi connectivity index (χ3n) is 1.44. The zero-order valence-corrected chi connectivity index (χ0v) is 7.89. The molecule has 0 unspecified atom stereocenters. The van der Waals surface area contributed by atoms with Crippen LogP contribution in [0.15, 0.2) is 0 Å². The minimum Gasteiger partial charge on any atom is -0.390 e. The van der Waals surface area contributed by atoms with Gasteiger partial charge in [-0.25, -0.2) is 0 Å². The van der Waals surface area contributed by atoms with Crippen LogP contribution in [-0.2, 0) is 4.74 Å². The van der Waals surface area contributed by atoms with Crippen molar-refractivity contribution in [3.63, 3.8) is 0 Å². The number of aromatic nitrogens is 3. The molecule has 15 heavy (non-hydrogen) atoms. The van der Waals surface area contributed by atoms with Gasteiger partial charge in [0.25, 0.3) is 0 Å². The Bertz CT molecular complexity index is 362. The van der Waals surface area contributed by atoms with Gasteiger partial charge in [0.05, 0.1) is 6.61 Å². The Kier molecular flexibility index (Phi) is 3.68. The van der Waals surface area contributed by atoms with Gasteiger partial charge in [0, 0.05) is 18.8 Å². The number of ether oxygens (including phenoxy) is 1. The number of amides is 1. The molecule has 1 heterocycles. The minimum absolute atomic E-state index is 0.196. The van der Waals surface area contributed by atoms with Gasteiger partial charge >= 0.3 is 17.7 Å². The highest BCUT2D eigenvalue weighted by molar-refractivity contribution is 5.90. The second-order valence-electron chi connectivity index (χ2n) is 2.49. The van der Waals surface area contributed by atoms with Crippen LogP contribution in [0.1, 0.15) is 10.6 Å². The maximum absolute atomic E-state index is 11.2. The molecule has 1 amide bonds. The summed E-state index contributed by atoms with van der Waals surface area (Å²) in [6, 6.07) is 0. The number of H-pyrrole nitrogens is 1. The van der Waals surface area contributed by atoms with E-state index >= 15 is 0 Å². The van der Waals surface area contributed by atoms with Crippen molar-refractivity contribution in [1.29, 1.82) is 0 Å². The van der Waals surface area contributed by atoms with Gasteiger partial charge in [-0.05, 0) is 9.91 Å². The predicted octanol–water partition coefficient (Wildman–Crippen LogP) is -0.911. The maximum Gasteiger partial charge on any atom is 0.491 e. The fraction of sp³-hybridized carbons (Fsp3) is 0.500. The fourth-order valence-corrected chi connectivity index (χ4v) is 0.786. The summed E-state index contributed by atoms with van der Waals surface area (Å²) in [7, 11) is 1.49. The first kappa shape index (κ1) is 11.0. The third kappa shape index (κ3) is 2.98. The Morgan fingerprint density at radius 1 is 1.73 bits per heavy atom. The molecule has 0 spiro atoms. The van der Waals surface area contributed by atoms with E-state index in [2.05, 4.69) is 20.5 Å². The Labute approximate surface area is 84.0 Å². The van der Waals surface area contributed by atoms with Crippen molar-refractivity contribution in [2.75, 3.05) is 20.3 Å². The predicted molar refractivity (Wildman–Crippen MR) is 47.2 cm³/mol. The summed E-state index contributed by atoms with van der Waals surface area (Å²) in [6.07, 6.45) is 0. The van der Waals surface area contributed by atoms with Gasteiger partial charge < -0.3 is 20.2 Å². The lowest BCUT2D eigenvalue weighted by atomic mass is 10.5. The van der Waals surface area contributed by atoms with Crippen molar-refractivity contribution >= 4 is 11.9 Å². The van der Waals surface area contributed by atoms with Crippen molar-refractivity contribution in [3.8, 4) is 0 Å². The topological polar surface area (TPSA) is 123 Å². The van der Waals surface area contributed by atoms with E-state index in [0.29, 0.717) is 13.2 Å². The molecule has 0 saturated carbocycles. The fourth-order valence-electron chi connectivity index (χ4n) is 0.786. The molecule has 1 rings (SSSR count). The minimum atomic E-state index is -0.789. The lowest BCUT2D eigenvalue weighted by Crippen LogP contribution is -2.27. The number of rotatable bonds is 5. The number of hydrogen-bond acceptors (Lipinski definition) is 6. The molecule has 82 valence electrons. The number of carbonyl (C=O) groups excluding carboxylic acids is 1. The molecule has 0 aliphatic rings. The normalized spacial score (nSPS) is 9.93. The molecule has 0 bridgehead atoms. The van der Waals surface area contributed by atoms with Crippen LogP contribution in [0.5, 0.6) is 0 Å². The third-order valence-corrected chi connectivity index (χ3v) is 1.44. The van der Waals surface area contributed by atoms with Crippen molar-refractivity contribution < 1.29 is 14.5 Å². The standard InChI is InChI=1S/C6H9N5O4/c1-15-3-2-7-5(12)4-8-6(10-9-4)11(13)14/h2-3H2,1H3,(H,7,12)(H,8,9,10). The summed E-state index contributed by atoms with van der Waals surface area (Å²) in [4.78, 5) is 24.0. The molecule has 0 aromatic carbocycles. The summed E-state index contributed by atoms with van der Waals surface area (Å²) in [6.45, 7) is 0.645. The summed E-state index contributed by atoms with van der Waals surface area (Å²) < 4.78 is 4.70. The molecule has 9 nitrogen and oxygen atoms in total. The van der Waals surface area contributed by atoms with E-state index in [-0.39, 0.29) is 5.82 Å². The number of aromatic amines is 1. The maximum atomic E-state index is 11.2. The highest BCUT2D eigenvalue weighted by Gasteiger charge is 2.20. The van der Waals surface area contributed by atoms with Gasteiger partial charge in [-0.3, -0.25) is 4.79 Å². The average Bonchev–Trinajstić information content (AvgIpc) is 2.66. The van der Waals surface area contributed by atoms with Crippen LogP contribution in [0, 0.1) is 10.1 Å². The first-order valence-electron chi connectivity index (χ1n) is 3.99. The molecule has 0 atom stereocenters. The Hall–Kier alpha value is -2.03. The van der Waals surface area contributed by atoms with E-state index in [4.69, 9.17) is 4.74 Å². The van der Waals surface area contributed by atoms with E-state index in [0.717, 1.165) is 0 Å². The van der Waals surface area contributed by atoms with E-state index < -0.39 is 16.8 Å². The molecule has 9 heteroatoms. The number of nitrogens with one attached hydrogen (secondary N) is 2. The number of methoxy groups -OCH3 is 1. The largest absolute Gasteiger partial charge is 0.491 e. The molecule has 0 fully saturated rings. The molecular formula is C6H9N5O4. The van der Waals surface area contributed by atoms with Crippen LogP contribution in [0.25, 0.3) is 0 Å². The molecule has 2 N–H and O–H groups in total. The van der Waals surface area contributed by atoms with Crippen molar-refractivity contribution in [2.24, 2.45) is 0 Å². The summed E-state index contributed by atoms with van der Waals surface area (Å²) in [5.41, 5.74) is 0. The average molecular weight is 215 g/mol. The molecule has 0 aliphatic carbocycles. The highest BCUT2D eigenvalue weighted by atomic mass is 16.6. The second-order valence-corrected chi connectivity index (χ2v) is 2.49. The quantitative estimate of drug-likeness (QED) is 0.372. The monoisotopic (exact) mass is 215 g/mol. The van der Waals surface area contributed by atoms with E-state index in [9.17, 15) is 14.9 Å². The van der Waals surface area contributed by atoms with Gasteiger partial charge in [-0.1, -0.05) is 0 Å². The molecule has 1 aromatic rings. The first-order chi connectivity index (χ1) is 7.15. The molecule has 1 aromatic heterocycles. The number of nitrogens with zero attached hydrogens (tertiary/aromatic N) is 3. The van der Waals surface area contributed by atoms with Gasteiger partial charge in [0.1, 0.15) is 0 Å². The van der Waals surface area contributed by atoms with Gasteiger partial charge in [0.15, 0.2) is 0 Å². The summed E-state index contributed by atoms with van der Waals surface area (Å²) >= 11 is 0. The molecule has 0 aliphatic heterocycles. The van der Waals surface area contributed by atoms with E-state index in [1.165, 1.54) is 7.11 Å². The van der Waals surface area contributed by atoms with Crippen LogP contribution >= 0.6 is 0 Å². The van der Waals surface area contributed by atoms with Gasteiger partial charge in [-0.15, -0.1) is 0 Å². The summed E-state index contributed by atoms with van der Waals surface area (Å²) in [5, 5.41) is 18.0. The van der Waals surface area contributed by atoms with Crippen LogP contribution in [0.3, 0.4) is 0 Å². The number of nitro groups is 1. The Morgan fingerprint density at radius 2 is 2.47 bits per heavy atom. The molecule has 0 radical (unpaired) electrons. The van der Waals surface area contributed by atoms with Crippen LogP contribution < -0.4 is 5.32 Å².